The molecular formula is C11H19NO5. The Morgan fingerprint density at radius 2 is 2.06 bits per heavy atom. The second-order valence-corrected chi connectivity index (χ2v) is 5.02. The molecule has 17 heavy (non-hydrogen) atoms. The highest BCUT2D eigenvalue weighted by atomic mass is 16.6. The van der Waals surface area contributed by atoms with Crippen LogP contribution in [-0.4, -0.2) is 41.5 Å². The van der Waals surface area contributed by atoms with Crippen molar-refractivity contribution in [2.75, 3.05) is 6.61 Å². The van der Waals surface area contributed by atoms with Crippen LogP contribution in [0.25, 0.3) is 0 Å². The first-order valence-corrected chi connectivity index (χ1v) is 5.63. The van der Waals surface area contributed by atoms with E-state index in [1.807, 2.05) is 0 Å². The van der Waals surface area contributed by atoms with E-state index >= 15 is 0 Å². The van der Waals surface area contributed by atoms with Crippen molar-refractivity contribution in [3.63, 3.8) is 0 Å². The van der Waals surface area contributed by atoms with Crippen LogP contribution >= 0.6 is 0 Å². The average molecular weight is 245 g/mol. The highest BCUT2D eigenvalue weighted by molar-refractivity contribution is 5.75. The molecule has 2 atom stereocenters. The lowest BCUT2D eigenvalue weighted by atomic mass is 10.0. The lowest BCUT2D eigenvalue weighted by Gasteiger charge is -2.30. The number of carbonyl (C=O) groups excluding carboxylic acids is 1. The second-order valence-electron chi connectivity index (χ2n) is 5.02. The van der Waals surface area contributed by atoms with Gasteiger partial charge in [0.05, 0.1) is 6.04 Å². The Labute approximate surface area is 100 Å². The van der Waals surface area contributed by atoms with Gasteiger partial charge in [0.25, 0.3) is 0 Å². The molecule has 0 aromatic carbocycles. The Hall–Kier alpha value is -1.30. The van der Waals surface area contributed by atoms with Gasteiger partial charge in [-0.25, -0.2) is 9.59 Å². The number of aliphatic carboxylic acids is 1. The molecule has 6 nitrogen and oxygen atoms in total. The van der Waals surface area contributed by atoms with Gasteiger partial charge in [-0.15, -0.1) is 0 Å². The quantitative estimate of drug-likeness (QED) is 0.762. The molecule has 2 N–H and O–H groups in total. The molecule has 1 rings (SSSR count). The maximum Gasteiger partial charge on any atom is 0.407 e. The van der Waals surface area contributed by atoms with E-state index in [4.69, 9.17) is 14.6 Å². The number of rotatable bonds is 2. The first-order chi connectivity index (χ1) is 7.79. The maximum absolute atomic E-state index is 11.5. The lowest BCUT2D eigenvalue weighted by Crippen LogP contribution is -2.51. The first kappa shape index (κ1) is 13.8. The van der Waals surface area contributed by atoms with E-state index in [9.17, 15) is 9.59 Å². The Bertz CT molecular complexity index is 297. The predicted octanol–water partition coefficient (Wildman–Crippen LogP) is 1.14. The summed E-state index contributed by atoms with van der Waals surface area (Å²) in [5.74, 6) is -1.06. The van der Waals surface area contributed by atoms with Gasteiger partial charge in [0, 0.05) is 6.61 Å². The third kappa shape index (κ3) is 4.60. The van der Waals surface area contributed by atoms with Crippen LogP contribution in [0.1, 0.15) is 33.6 Å². The third-order valence-corrected chi connectivity index (χ3v) is 2.27. The van der Waals surface area contributed by atoms with Crippen molar-refractivity contribution in [3.8, 4) is 0 Å². The van der Waals surface area contributed by atoms with E-state index < -0.39 is 29.8 Å². The van der Waals surface area contributed by atoms with E-state index in [1.54, 1.807) is 20.8 Å². The minimum Gasteiger partial charge on any atom is -0.479 e. The normalized spacial score (nSPS) is 25.1. The van der Waals surface area contributed by atoms with Gasteiger partial charge in [-0.05, 0) is 33.6 Å². The minimum atomic E-state index is -1.06. The molecule has 1 amide bonds. The van der Waals surface area contributed by atoms with Crippen LogP contribution in [-0.2, 0) is 14.3 Å². The molecule has 1 aliphatic heterocycles. The third-order valence-electron chi connectivity index (χ3n) is 2.27. The molecule has 1 saturated heterocycles. The van der Waals surface area contributed by atoms with E-state index in [-0.39, 0.29) is 0 Å². The van der Waals surface area contributed by atoms with Crippen LogP contribution in [0.5, 0.6) is 0 Å². The number of amides is 1. The van der Waals surface area contributed by atoms with Gasteiger partial charge >= 0.3 is 12.1 Å². The fraction of sp³-hybridized carbons (Fsp3) is 0.818. The number of nitrogens with one attached hydrogen (secondary N) is 1. The standard InChI is InChI=1S/C11H19NO5/c1-11(2,3)17-10(15)12-7-5-4-6-16-8(7)9(13)14/h7-8H,4-6H2,1-3H3,(H,12,15)(H,13,14)/t7-,8-/m1/s1. The monoisotopic (exact) mass is 245 g/mol. The second kappa shape index (κ2) is 5.35. The number of ether oxygens (including phenoxy) is 2. The summed E-state index contributed by atoms with van der Waals surface area (Å²) in [6.45, 7) is 5.65. The Balaban J connectivity index is 2.53. The fourth-order valence-corrected chi connectivity index (χ4v) is 1.63. The van der Waals surface area contributed by atoms with Crippen LogP contribution < -0.4 is 5.32 Å². The predicted molar refractivity (Wildman–Crippen MR) is 59.8 cm³/mol. The molecule has 0 aromatic heterocycles. The van der Waals surface area contributed by atoms with Crippen molar-refractivity contribution in [3.05, 3.63) is 0 Å². The molecule has 0 aromatic rings. The van der Waals surface area contributed by atoms with E-state index in [0.717, 1.165) is 6.42 Å². The van der Waals surface area contributed by atoms with E-state index in [0.29, 0.717) is 13.0 Å². The topological polar surface area (TPSA) is 84.9 Å². The van der Waals surface area contributed by atoms with Crippen LogP contribution in [0.3, 0.4) is 0 Å². The SMILES string of the molecule is CC(C)(C)OC(=O)N[C@@H]1CCCO[C@H]1C(=O)O. The van der Waals surface area contributed by atoms with Crippen LogP contribution in [0.4, 0.5) is 4.79 Å². The summed E-state index contributed by atoms with van der Waals surface area (Å²) in [6, 6.07) is -0.531. The van der Waals surface area contributed by atoms with Gasteiger partial charge in [-0.2, -0.15) is 0 Å². The zero-order valence-corrected chi connectivity index (χ0v) is 10.4. The molecule has 1 fully saturated rings. The summed E-state index contributed by atoms with van der Waals surface area (Å²) in [5.41, 5.74) is -0.599. The van der Waals surface area contributed by atoms with Crippen molar-refractivity contribution in [1.29, 1.82) is 0 Å². The maximum atomic E-state index is 11.5. The fourth-order valence-electron chi connectivity index (χ4n) is 1.63. The molecule has 98 valence electrons. The number of hydrogen-bond donors (Lipinski definition) is 2. The first-order valence-electron chi connectivity index (χ1n) is 5.63. The zero-order valence-electron chi connectivity index (χ0n) is 10.4. The van der Waals surface area contributed by atoms with Crippen molar-refractivity contribution in [2.24, 2.45) is 0 Å². The molecule has 1 aliphatic rings. The molecular weight excluding hydrogens is 226 g/mol. The van der Waals surface area contributed by atoms with Crippen LogP contribution in [0, 0.1) is 0 Å². The van der Waals surface area contributed by atoms with Crippen molar-refractivity contribution in [1.82, 2.24) is 5.32 Å². The molecule has 6 heteroatoms. The molecule has 0 radical (unpaired) electrons. The van der Waals surface area contributed by atoms with Gasteiger partial charge in [-0.3, -0.25) is 0 Å². The molecule has 0 spiro atoms. The summed E-state index contributed by atoms with van der Waals surface area (Å²) < 4.78 is 10.2. The number of carboxylic acid groups (broad SMARTS) is 1. The van der Waals surface area contributed by atoms with Gasteiger partial charge in [0.1, 0.15) is 5.60 Å². The summed E-state index contributed by atoms with van der Waals surface area (Å²) >= 11 is 0. The summed E-state index contributed by atoms with van der Waals surface area (Å²) in [5, 5.41) is 11.5. The molecule has 1 heterocycles. The summed E-state index contributed by atoms with van der Waals surface area (Å²) in [6.07, 6.45) is -0.295. The van der Waals surface area contributed by atoms with Crippen molar-refractivity contribution in [2.45, 2.75) is 51.4 Å². The number of hydrogen-bond acceptors (Lipinski definition) is 4. The Morgan fingerprint density at radius 3 is 2.59 bits per heavy atom. The van der Waals surface area contributed by atoms with Gasteiger partial charge in [0.15, 0.2) is 6.10 Å². The zero-order chi connectivity index (χ0) is 13.1. The number of alkyl carbamates (subject to hydrolysis) is 1. The summed E-state index contributed by atoms with van der Waals surface area (Å²) in [7, 11) is 0. The minimum absolute atomic E-state index is 0.406. The van der Waals surface area contributed by atoms with Gasteiger partial charge in [0.2, 0.25) is 0 Å². The number of carboxylic acids is 1. The molecule has 0 unspecified atom stereocenters. The Kier molecular flexibility index (Phi) is 4.34. The van der Waals surface area contributed by atoms with Gasteiger partial charge < -0.3 is 19.9 Å². The van der Waals surface area contributed by atoms with E-state index in [1.165, 1.54) is 0 Å². The molecule has 0 bridgehead atoms. The molecule has 0 saturated carbocycles. The van der Waals surface area contributed by atoms with Crippen LogP contribution in [0.2, 0.25) is 0 Å². The lowest BCUT2D eigenvalue weighted by molar-refractivity contribution is -0.155. The summed E-state index contributed by atoms with van der Waals surface area (Å²) in [4.78, 5) is 22.4. The highest BCUT2D eigenvalue weighted by Crippen LogP contribution is 2.15. The number of carbonyl (C=O) groups is 2. The largest absolute Gasteiger partial charge is 0.479 e. The Morgan fingerprint density at radius 1 is 1.41 bits per heavy atom. The molecule has 0 aliphatic carbocycles. The van der Waals surface area contributed by atoms with Crippen molar-refractivity contribution < 1.29 is 24.2 Å². The van der Waals surface area contributed by atoms with Gasteiger partial charge in [-0.1, -0.05) is 0 Å². The van der Waals surface area contributed by atoms with Crippen molar-refractivity contribution >= 4 is 12.1 Å². The highest BCUT2D eigenvalue weighted by Gasteiger charge is 2.34. The average Bonchev–Trinajstić information content (AvgIpc) is 2.14. The van der Waals surface area contributed by atoms with Crippen LogP contribution in [0.15, 0.2) is 0 Å². The smallest absolute Gasteiger partial charge is 0.407 e. The van der Waals surface area contributed by atoms with E-state index in [2.05, 4.69) is 5.32 Å².